The summed E-state index contributed by atoms with van der Waals surface area (Å²) in [6.45, 7) is 1.52. The van der Waals surface area contributed by atoms with Gasteiger partial charge >= 0.3 is 5.97 Å². The molecular formula is C26H23N3O5S. The Morgan fingerprint density at radius 3 is 2.23 bits per heavy atom. The van der Waals surface area contributed by atoms with E-state index in [1.807, 2.05) is 0 Å². The number of nitrogen functional groups attached to an aromatic ring is 1. The van der Waals surface area contributed by atoms with Crippen molar-refractivity contribution in [1.29, 1.82) is 0 Å². The molecule has 0 radical (unpaired) electrons. The highest BCUT2D eigenvalue weighted by Crippen LogP contribution is 2.42. The summed E-state index contributed by atoms with van der Waals surface area (Å²) >= 11 is 0. The number of rotatable bonds is 7. The molecule has 2 aromatic heterocycles. The Hall–Kier alpha value is -4.24. The average molecular weight is 490 g/mol. The van der Waals surface area contributed by atoms with E-state index in [2.05, 4.69) is 9.97 Å². The van der Waals surface area contributed by atoms with E-state index in [0.717, 1.165) is 0 Å². The van der Waals surface area contributed by atoms with Crippen LogP contribution in [0.2, 0.25) is 0 Å². The molecule has 0 spiro atoms. The second kappa shape index (κ2) is 9.55. The van der Waals surface area contributed by atoms with Gasteiger partial charge in [0.2, 0.25) is 9.84 Å². The van der Waals surface area contributed by atoms with Crippen molar-refractivity contribution in [2.45, 2.75) is 23.1 Å². The van der Waals surface area contributed by atoms with Crippen molar-refractivity contribution in [1.82, 2.24) is 9.97 Å². The number of hydrogen-bond donors (Lipinski definition) is 2. The molecule has 4 aromatic rings. The van der Waals surface area contributed by atoms with Crippen molar-refractivity contribution in [3.8, 4) is 16.9 Å². The van der Waals surface area contributed by atoms with Crippen LogP contribution in [-0.4, -0.2) is 36.6 Å². The number of aromatic carboxylic acids is 1. The van der Waals surface area contributed by atoms with Crippen LogP contribution in [0.25, 0.3) is 11.1 Å². The van der Waals surface area contributed by atoms with Crippen LogP contribution in [-0.2, 0) is 16.3 Å². The van der Waals surface area contributed by atoms with Gasteiger partial charge in [-0.2, -0.15) is 0 Å². The molecule has 3 N–H and O–H groups in total. The first-order valence-corrected chi connectivity index (χ1v) is 12.1. The van der Waals surface area contributed by atoms with Gasteiger partial charge in [-0.15, -0.1) is 0 Å². The molecule has 2 aromatic carbocycles. The van der Waals surface area contributed by atoms with Crippen LogP contribution in [0.4, 0.5) is 5.69 Å². The zero-order valence-corrected chi connectivity index (χ0v) is 19.9. The molecule has 0 saturated heterocycles. The van der Waals surface area contributed by atoms with Gasteiger partial charge in [-0.1, -0.05) is 12.1 Å². The second-order valence-corrected chi connectivity index (χ2v) is 9.75. The lowest BCUT2D eigenvalue weighted by atomic mass is 9.88. The lowest BCUT2D eigenvalue weighted by Gasteiger charge is -2.22. The van der Waals surface area contributed by atoms with E-state index in [4.69, 9.17) is 10.5 Å². The summed E-state index contributed by atoms with van der Waals surface area (Å²) < 4.78 is 32.7. The predicted molar refractivity (Wildman–Crippen MR) is 131 cm³/mol. The molecule has 0 amide bonds. The second-order valence-electron chi connectivity index (χ2n) is 7.86. The number of aromatic nitrogens is 2. The number of anilines is 1. The van der Waals surface area contributed by atoms with E-state index < -0.39 is 15.8 Å². The summed E-state index contributed by atoms with van der Waals surface area (Å²) in [6, 6.07) is 12.8. The summed E-state index contributed by atoms with van der Waals surface area (Å²) in [5, 5.41) is 10.3. The number of benzene rings is 2. The van der Waals surface area contributed by atoms with Crippen LogP contribution in [0.3, 0.4) is 0 Å². The van der Waals surface area contributed by atoms with Gasteiger partial charge in [0.05, 0.1) is 22.5 Å². The number of nitrogens with two attached hydrogens (primary N) is 1. The number of carbonyl (C=O) groups is 1. The third kappa shape index (κ3) is 4.45. The highest BCUT2D eigenvalue weighted by molar-refractivity contribution is 7.91. The maximum atomic E-state index is 13.8. The van der Waals surface area contributed by atoms with Gasteiger partial charge in [0.1, 0.15) is 5.75 Å². The number of hydrogen-bond acceptors (Lipinski definition) is 7. The standard InChI is InChI=1S/C26H23N3O5S/c1-16-24(27)22(18-6-4-12-29-15-18)21(13-17-5-3-11-28-14-17)23(26(30)31)25(16)35(32,33)20-9-7-19(34-2)8-10-20/h3-12,14-15H,13,27H2,1-2H3,(H,30,31). The van der Waals surface area contributed by atoms with Crippen molar-refractivity contribution in [3.63, 3.8) is 0 Å². The molecule has 0 aliphatic carbocycles. The van der Waals surface area contributed by atoms with Gasteiger partial charge in [0, 0.05) is 48.0 Å². The SMILES string of the molecule is COc1ccc(S(=O)(=O)c2c(C)c(N)c(-c3cccnc3)c(Cc3cccnc3)c2C(=O)O)cc1. The number of pyridine rings is 2. The van der Waals surface area contributed by atoms with Crippen LogP contribution >= 0.6 is 0 Å². The van der Waals surface area contributed by atoms with Crippen LogP contribution in [0.1, 0.15) is 27.0 Å². The fourth-order valence-electron chi connectivity index (χ4n) is 4.08. The first kappa shape index (κ1) is 23.9. The van der Waals surface area contributed by atoms with Crippen LogP contribution < -0.4 is 10.5 Å². The Balaban J connectivity index is 2.09. The fourth-order valence-corrected chi connectivity index (χ4v) is 5.80. The summed E-state index contributed by atoms with van der Waals surface area (Å²) in [5.74, 6) is -0.896. The van der Waals surface area contributed by atoms with Gasteiger partial charge in [0.15, 0.2) is 0 Å². The molecule has 2 heterocycles. The quantitative estimate of drug-likeness (QED) is 0.370. The molecule has 178 valence electrons. The Morgan fingerprint density at radius 2 is 1.69 bits per heavy atom. The predicted octanol–water partition coefficient (Wildman–Crippen LogP) is 4.16. The lowest BCUT2D eigenvalue weighted by molar-refractivity contribution is 0.0691. The summed E-state index contributed by atoms with van der Waals surface area (Å²) in [5.41, 5.74) is 8.55. The number of carboxylic acid groups (broad SMARTS) is 1. The molecule has 0 aliphatic heterocycles. The topological polar surface area (TPSA) is 132 Å². The summed E-state index contributed by atoms with van der Waals surface area (Å²) in [4.78, 5) is 20.6. The zero-order chi connectivity index (χ0) is 25.2. The lowest BCUT2D eigenvalue weighted by Crippen LogP contribution is -2.18. The molecule has 0 saturated carbocycles. The van der Waals surface area contributed by atoms with Crippen molar-refractivity contribution in [2.24, 2.45) is 0 Å². The Morgan fingerprint density at radius 1 is 1.03 bits per heavy atom. The Kier molecular flexibility index (Phi) is 6.52. The maximum Gasteiger partial charge on any atom is 0.337 e. The maximum absolute atomic E-state index is 13.8. The van der Waals surface area contributed by atoms with E-state index in [9.17, 15) is 18.3 Å². The molecule has 0 unspecified atom stereocenters. The minimum Gasteiger partial charge on any atom is -0.497 e. The van der Waals surface area contributed by atoms with E-state index >= 15 is 0 Å². The minimum absolute atomic E-state index is 0.0650. The van der Waals surface area contributed by atoms with Gasteiger partial charge < -0.3 is 15.6 Å². The molecule has 0 aliphatic rings. The van der Waals surface area contributed by atoms with Gasteiger partial charge in [-0.3, -0.25) is 9.97 Å². The Labute approximate surface area is 203 Å². The molecule has 4 rings (SSSR count). The van der Waals surface area contributed by atoms with E-state index in [1.54, 1.807) is 49.1 Å². The van der Waals surface area contributed by atoms with Crippen LogP contribution in [0, 0.1) is 6.92 Å². The third-order valence-corrected chi connectivity index (χ3v) is 7.69. The smallest absolute Gasteiger partial charge is 0.337 e. The first-order valence-electron chi connectivity index (χ1n) is 10.6. The highest BCUT2D eigenvalue weighted by atomic mass is 32.2. The van der Waals surface area contributed by atoms with E-state index in [0.29, 0.717) is 22.4 Å². The highest BCUT2D eigenvalue weighted by Gasteiger charge is 2.33. The molecular weight excluding hydrogens is 466 g/mol. The summed E-state index contributed by atoms with van der Waals surface area (Å²) in [7, 11) is -2.78. The van der Waals surface area contributed by atoms with Crippen molar-refractivity contribution < 1.29 is 23.1 Å². The largest absolute Gasteiger partial charge is 0.497 e. The average Bonchev–Trinajstić information content (AvgIpc) is 2.87. The van der Waals surface area contributed by atoms with Crippen molar-refractivity contribution in [2.75, 3.05) is 12.8 Å². The van der Waals surface area contributed by atoms with Gasteiger partial charge in [-0.25, -0.2) is 13.2 Å². The fraction of sp³-hybridized carbons (Fsp3) is 0.115. The number of sulfone groups is 1. The van der Waals surface area contributed by atoms with Gasteiger partial charge in [0.25, 0.3) is 0 Å². The number of methoxy groups -OCH3 is 1. The van der Waals surface area contributed by atoms with Crippen LogP contribution in [0.5, 0.6) is 5.75 Å². The number of carboxylic acids is 1. The molecule has 8 nitrogen and oxygen atoms in total. The van der Waals surface area contributed by atoms with E-state index in [1.165, 1.54) is 38.3 Å². The third-order valence-electron chi connectivity index (χ3n) is 5.75. The molecule has 35 heavy (non-hydrogen) atoms. The zero-order valence-electron chi connectivity index (χ0n) is 19.1. The van der Waals surface area contributed by atoms with Crippen molar-refractivity contribution in [3.05, 3.63) is 95.6 Å². The van der Waals surface area contributed by atoms with Crippen molar-refractivity contribution >= 4 is 21.5 Å². The monoisotopic (exact) mass is 489 g/mol. The van der Waals surface area contributed by atoms with Crippen LogP contribution in [0.15, 0.2) is 83.1 Å². The first-order chi connectivity index (χ1) is 16.8. The minimum atomic E-state index is -4.25. The van der Waals surface area contributed by atoms with Gasteiger partial charge in [-0.05, 0) is 60.0 Å². The molecule has 0 atom stereocenters. The normalized spacial score (nSPS) is 11.3. The molecule has 0 fully saturated rings. The summed E-state index contributed by atoms with van der Waals surface area (Å²) in [6.07, 6.45) is 6.48. The number of ether oxygens (including phenoxy) is 1. The molecule has 0 bridgehead atoms. The Bertz CT molecular complexity index is 1490. The molecule has 9 heteroatoms. The number of nitrogens with zero attached hydrogens (tertiary/aromatic N) is 2. The van der Waals surface area contributed by atoms with E-state index in [-0.39, 0.29) is 38.6 Å².